The minimum atomic E-state index is 0.924. The first-order valence-electron chi connectivity index (χ1n) is 10.5. The summed E-state index contributed by atoms with van der Waals surface area (Å²) in [6, 6.07) is 0. The fourth-order valence-electron chi connectivity index (χ4n) is 7.59. The first kappa shape index (κ1) is 15.5. The maximum absolute atomic E-state index is 2.48. The van der Waals surface area contributed by atoms with E-state index in [1.54, 1.807) is 51.4 Å². The van der Waals surface area contributed by atoms with Crippen molar-refractivity contribution in [3.05, 3.63) is 0 Å². The van der Waals surface area contributed by atoms with Crippen LogP contribution < -0.4 is 0 Å². The molecule has 0 aromatic heterocycles. The van der Waals surface area contributed by atoms with E-state index < -0.39 is 0 Å². The summed E-state index contributed by atoms with van der Waals surface area (Å²) in [4.78, 5) is 0. The van der Waals surface area contributed by atoms with Crippen molar-refractivity contribution in [2.45, 2.75) is 79.1 Å². The Morgan fingerprint density at radius 2 is 0.773 bits per heavy atom. The molecular weight excluding hydrogens is 264 g/mol. The van der Waals surface area contributed by atoms with Gasteiger partial charge in [-0.1, -0.05) is 27.7 Å². The molecule has 0 radical (unpaired) electrons. The normalized spacial score (nSPS) is 51.0. The molecule has 22 heavy (non-hydrogen) atoms. The molecule has 0 aromatic rings. The van der Waals surface area contributed by atoms with Crippen molar-refractivity contribution in [2.24, 2.45) is 59.2 Å². The second-order valence-electron chi connectivity index (χ2n) is 10.3. The highest BCUT2D eigenvalue weighted by atomic mass is 14.6. The third-order valence-electron chi connectivity index (χ3n) is 8.75. The largest absolute Gasteiger partial charge is 0.0625 e. The lowest BCUT2D eigenvalue weighted by atomic mass is 9.45. The summed E-state index contributed by atoms with van der Waals surface area (Å²) < 4.78 is 0. The Morgan fingerprint density at radius 3 is 1.00 bits per heavy atom. The number of hydrogen-bond acceptors (Lipinski definition) is 0. The SMILES string of the molecule is CC(C)C1CC2CCC3CC(C(C)C)CC4CCC(C1)C2C34. The summed E-state index contributed by atoms with van der Waals surface area (Å²) in [6.45, 7) is 9.93. The van der Waals surface area contributed by atoms with E-state index in [0.29, 0.717) is 0 Å². The highest BCUT2D eigenvalue weighted by molar-refractivity contribution is 5.03. The average molecular weight is 303 g/mol. The van der Waals surface area contributed by atoms with Gasteiger partial charge in [-0.05, 0) is 111 Å². The molecular formula is C22H38. The van der Waals surface area contributed by atoms with Gasteiger partial charge in [0.2, 0.25) is 0 Å². The van der Waals surface area contributed by atoms with Crippen LogP contribution in [0.1, 0.15) is 79.1 Å². The molecule has 0 amide bonds. The van der Waals surface area contributed by atoms with Crippen LogP contribution in [-0.4, -0.2) is 0 Å². The van der Waals surface area contributed by atoms with Crippen molar-refractivity contribution < 1.29 is 0 Å². The van der Waals surface area contributed by atoms with Crippen LogP contribution in [0.4, 0.5) is 0 Å². The van der Waals surface area contributed by atoms with Gasteiger partial charge in [-0.25, -0.2) is 0 Å². The Morgan fingerprint density at radius 1 is 0.500 bits per heavy atom. The monoisotopic (exact) mass is 302 g/mol. The molecule has 4 unspecified atom stereocenters. The molecule has 0 bridgehead atoms. The highest BCUT2D eigenvalue weighted by Crippen LogP contribution is 2.62. The van der Waals surface area contributed by atoms with E-state index in [1.165, 1.54) is 0 Å². The Bertz CT molecular complexity index is 329. The zero-order chi connectivity index (χ0) is 15.4. The molecule has 0 aliphatic heterocycles. The van der Waals surface area contributed by atoms with Gasteiger partial charge in [-0.2, -0.15) is 0 Å². The van der Waals surface area contributed by atoms with E-state index in [1.807, 2.05) is 0 Å². The predicted molar refractivity (Wildman–Crippen MR) is 94.5 cm³/mol. The molecule has 0 heteroatoms. The minimum absolute atomic E-state index is 0.924. The molecule has 4 aliphatic rings. The molecule has 126 valence electrons. The number of rotatable bonds is 2. The van der Waals surface area contributed by atoms with Crippen LogP contribution in [0.25, 0.3) is 0 Å². The molecule has 0 nitrogen and oxygen atoms in total. The van der Waals surface area contributed by atoms with Crippen molar-refractivity contribution in [1.82, 2.24) is 0 Å². The highest BCUT2D eigenvalue weighted by Gasteiger charge is 2.54. The lowest BCUT2D eigenvalue weighted by Gasteiger charge is -2.60. The van der Waals surface area contributed by atoms with Crippen molar-refractivity contribution in [3.8, 4) is 0 Å². The minimum Gasteiger partial charge on any atom is -0.0625 e. The summed E-state index contributed by atoms with van der Waals surface area (Å²) in [5.74, 6) is 10.7. The molecule has 4 aliphatic carbocycles. The number of hydrogen-bond donors (Lipinski definition) is 0. The van der Waals surface area contributed by atoms with Gasteiger partial charge >= 0.3 is 0 Å². The van der Waals surface area contributed by atoms with Gasteiger partial charge in [0.1, 0.15) is 0 Å². The van der Waals surface area contributed by atoms with Gasteiger partial charge in [0.05, 0.1) is 0 Å². The standard InChI is InChI=1S/C22H38/c1-13(2)19-9-15-5-7-17-11-20(14(3)4)12-18-8-6-16(10-19)21(15)22(17)18/h13-22H,5-12H2,1-4H3. The van der Waals surface area contributed by atoms with Crippen molar-refractivity contribution in [1.29, 1.82) is 0 Å². The lowest BCUT2D eigenvalue weighted by molar-refractivity contribution is -0.107. The van der Waals surface area contributed by atoms with E-state index in [9.17, 15) is 0 Å². The smallest absolute Gasteiger partial charge is 0.0323 e. The van der Waals surface area contributed by atoms with Gasteiger partial charge < -0.3 is 0 Å². The fraction of sp³-hybridized carbons (Fsp3) is 1.00. The lowest BCUT2D eigenvalue weighted by Crippen LogP contribution is -2.52. The van der Waals surface area contributed by atoms with Crippen LogP contribution in [0.3, 0.4) is 0 Å². The quantitative estimate of drug-likeness (QED) is 0.553. The van der Waals surface area contributed by atoms with Crippen LogP contribution in [0.15, 0.2) is 0 Å². The van der Waals surface area contributed by atoms with Gasteiger partial charge in [0.15, 0.2) is 0 Å². The topological polar surface area (TPSA) is 0 Å². The molecule has 0 N–H and O–H groups in total. The van der Waals surface area contributed by atoms with E-state index in [0.717, 1.165) is 59.2 Å². The van der Waals surface area contributed by atoms with Crippen molar-refractivity contribution >= 4 is 0 Å². The Hall–Kier alpha value is 0. The van der Waals surface area contributed by atoms with Crippen LogP contribution in [-0.2, 0) is 0 Å². The van der Waals surface area contributed by atoms with Gasteiger partial charge in [0.25, 0.3) is 0 Å². The van der Waals surface area contributed by atoms with Crippen LogP contribution in [0.2, 0.25) is 0 Å². The van der Waals surface area contributed by atoms with Crippen LogP contribution in [0.5, 0.6) is 0 Å². The first-order chi connectivity index (χ1) is 10.5. The zero-order valence-corrected chi connectivity index (χ0v) is 15.4. The molecule has 4 fully saturated rings. The van der Waals surface area contributed by atoms with Gasteiger partial charge in [0, 0.05) is 0 Å². The summed E-state index contributed by atoms with van der Waals surface area (Å²) in [6.07, 6.45) is 12.7. The summed E-state index contributed by atoms with van der Waals surface area (Å²) in [5, 5.41) is 0. The summed E-state index contributed by atoms with van der Waals surface area (Å²) in [5.41, 5.74) is 0. The maximum atomic E-state index is 2.48. The second-order valence-corrected chi connectivity index (χ2v) is 10.3. The maximum Gasteiger partial charge on any atom is -0.0323 e. The first-order valence-corrected chi connectivity index (χ1v) is 10.5. The zero-order valence-electron chi connectivity index (χ0n) is 15.4. The third-order valence-corrected chi connectivity index (χ3v) is 8.75. The van der Waals surface area contributed by atoms with Crippen molar-refractivity contribution in [3.63, 3.8) is 0 Å². The molecule has 4 saturated carbocycles. The Balaban J connectivity index is 1.56. The van der Waals surface area contributed by atoms with E-state index >= 15 is 0 Å². The molecule has 0 saturated heterocycles. The predicted octanol–water partition coefficient (Wildman–Crippen LogP) is 6.40. The average Bonchev–Trinajstić information content (AvgIpc) is 2.51. The van der Waals surface area contributed by atoms with E-state index in [2.05, 4.69) is 27.7 Å². The van der Waals surface area contributed by atoms with Crippen LogP contribution >= 0.6 is 0 Å². The third kappa shape index (κ3) is 2.48. The van der Waals surface area contributed by atoms with Crippen molar-refractivity contribution in [2.75, 3.05) is 0 Å². The van der Waals surface area contributed by atoms with E-state index in [4.69, 9.17) is 0 Å². The molecule has 4 rings (SSSR count). The molecule has 4 atom stereocenters. The summed E-state index contributed by atoms with van der Waals surface area (Å²) >= 11 is 0. The summed E-state index contributed by atoms with van der Waals surface area (Å²) in [7, 11) is 0. The molecule has 0 heterocycles. The van der Waals surface area contributed by atoms with E-state index in [-0.39, 0.29) is 0 Å². The Labute approximate surface area is 138 Å². The Kier molecular flexibility index (Phi) is 4.10. The molecule has 0 aromatic carbocycles. The van der Waals surface area contributed by atoms with Gasteiger partial charge in [-0.15, -0.1) is 0 Å². The second kappa shape index (κ2) is 5.82. The van der Waals surface area contributed by atoms with Crippen LogP contribution in [0, 0.1) is 59.2 Å². The fourth-order valence-corrected chi connectivity index (χ4v) is 7.59. The molecule has 0 spiro atoms. The van der Waals surface area contributed by atoms with Gasteiger partial charge in [-0.3, -0.25) is 0 Å².